The van der Waals surface area contributed by atoms with E-state index in [4.69, 9.17) is 0 Å². The van der Waals surface area contributed by atoms with E-state index >= 15 is 0 Å². The fourth-order valence-electron chi connectivity index (χ4n) is 2.89. The molecule has 1 fully saturated rings. The molecule has 1 aliphatic carbocycles. The average Bonchev–Trinajstić information content (AvgIpc) is 3.00. The van der Waals surface area contributed by atoms with Gasteiger partial charge in [-0.15, -0.1) is 0 Å². The van der Waals surface area contributed by atoms with Gasteiger partial charge in [0.25, 0.3) is 0 Å². The summed E-state index contributed by atoms with van der Waals surface area (Å²) in [6.45, 7) is 0. The minimum atomic E-state index is -0.311. The number of hydrogen-bond donors (Lipinski definition) is 2. The van der Waals surface area contributed by atoms with E-state index in [1.54, 1.807) is 12.3 Å². The number of carbonyl (C=O) groups is 2. The third-order valence-electron chi connectivity index (χ3n) is 3.95. The summed E-state index contributed by atoms with van der Waals surface area (Å²) in [5.74, 6) is -0.522. The van der Waals surface area contributed by atoms with E-state index in [-0.39, 0.29) is 24.3 Å². The molecule has 0 unspecified atom stereocenters. The third kappa shape index (κ3) is 3.42. The lowest BCUT2D eigenvalue weighted by Crippen LogP contribution is -2.35. The maximum Gasteiger partial charge on any atom is 0.233 e. The Bertz CT molecular complexity index is 688. The number of anilines is 1. The van der Waals surface area contributed by atoms with Gasteiger partial charge in [-0.2, -0.15) is 0 Å². The minimum absolute atomic E-state index is 0.153. The van der Waals surface area contributed by atoms with Crippen LogP contribution in [-0.4, -0.2) is 22.8 Å². The van der Waals surface area contributed by atoms with Gasteiger partial charge >= 0.3 is 0 Å². The first kappa shape index (κ1) is 14.5. The number of para-hydroxylation sites is 1. The highest BCUT2D eigenvalue weighted by Crippen LogP contribution is 2.21. The van der Waals surface area contributed by atoms with Gasteiger partial charge in [-0.25, -0.2) is 0 Å². The summed E-state index contributed by atoms with van der Waals surface area (Å²) in [5.41, 5.74) is 1.37. The van der Waals surface area contributed by atoms with Gasteiger partial charge in [0.15, 0.2) is 0 Å². The van der Waals surface area contributed by atoms with Crippen LogP contribution in [0.1, 0.15) is 32.1 Å². The topological polar surface area (TPSA) is 71.1 Å². The molecule has 2 amide bonds. The number of rotatable bonds is 4. The Morgan fingerprint density at radius 1 is 1.09 bits per heavy atom. The molecule has 0 saturated heterocycles. The zero-order chi connectivity index (χ0) is 15.4. The molecule has 22 heavy (non-hydrogen) atoms. The van der Waals surface area contributed by atoms with Crippen molar-refractivity contribution in [3.05, 3.63) is 36.5 Å². The van der Waals surface area contributed by atoms with Gasteiger partial charge in [-0.05, 0) is 25.0 Å². The SMILES string of the molecule is O=C(CC(=O)NC1CCCC1)Nc1cccc2cccnc12. The summed E-state index contributed by atoms with van der Waals surface area (Å²) in [5, 5.41) is 6.65. The van der Waals surface area contributed by atoms with Crippen LogP contribution in [-0.2, 0) is 9.59 Å². The van der Waals surface area contributed by atoms with E-state index in [1.807, 2.05) is 24.3 Å². The van der Waals surface area contributed by atoms with Crippen molar-refractivity contribution in [3.8, 4) is 0 Å². The summed E-state index contributed by atoms with van der Waals surface area (Å²) < 4.78 is 0. The van der Waals surface area contributed by atoms with Crippen LogP contribution in [0.4, 0.5) is 5.69 Å². The van der Waals surface area contributed by atoms with Crippen LogP contribution in [0.2, 0.25) is 0 Å². The number of nitrogens with zero attached hydrogens (tertiary/aromatic N) is 1. The van der Waals surface area contributed by atoms with Crippen molar-refractivity contribution in [2.75, 3.05) is 5.32 Å². The fourth-order valence-corrected chi connectivity index (χ4v) is 2.89. The molecule has 0 spiro atoms. The normalized spacial score (nSPS) is 14.9. The second kappa shape index (κ2) is 6.56. The van der Waals surface area contributed by atoms with Gasteiger partial charge < -0.3 is 10.6 Å². The first-order valence-electron chi connectivity index (χ1n) is 7.65. The smallest absolute Gasteiger partial charge is 0.233 e. The van der Waals surface area contributed by atoms with Gasteiger partial charge in [0.1, 0.15) is 6.42 Å². The van der Waals surface area contributed by atoms with Crippen molar-refractivity contribution in [3.63, 3.8) is 0 Å². The number of pyridine rings is 1. The lowest BCUT2D eigenvalue weighted by molar-refractivity contribution is -0.127. The maximum atomic E-state index is 12.0. The molecular weight excluding hydrogens is 278 g/mol. The molecule has 1 aromatic heterocycles. The molecule has 3 rings (SSSR count). The third-order valence-corrected chi connectivity index (χ3v) is 3.95. The highest BCUT2D eigenvalue weighted by atomic mass is 16.2. The Morgan fingerprint density at radius 3 is 2.68 bits per heavy atom. The lowest BCUT2D eigenvalue weighted by atomic mass is 10.2. The monoisotopic (exact) mass is 297 g/mol. The predicted octanol–water partition coefficient (Wildman–Crippen LogP) is 2.62. The van der Waals surface area contributed by atoms with Crippen LogP contribution < -0.4 is 10.6 Å². The number of fused-ring (bicyclic) bond motifs is 1. The lowest BCUT2D eigenvalue weighted by Gasteiger charge is -2.12. The Morgan fingerprint density at radius 2 is 1.86 bits per heavy atom. The van der Waals surface area contributed by atoms with Gasteiger partial charge in [0.05, 0.1) is 11.2 Å². The van der Waals surface area contributed by atoms with E-state index < -0.39 is 0 Å². The molecule has 1 saturated carbocycles. The van der Waals surface area contributed by atoms with Crippen molar-refractivity contribution in [2.45, 2.75) is 38.1 Å². The Labute approximate surface area is 129 Å². The van der Waals surface area contributed by atoms with Gasteiger partial charge in [-0.3, -0.25) is 14.6 Å². The number of aromatic nitrogens is 1. The molecule has 0 bridgehead atoms. The summed E-state index contributed by atoms with van der Waals surface area (Å²) in [6, 6.07) is 9.61. The quantitative estimate of drug-likeness (QED) is 0.852. The molecule has 5 nitrogen and oxygen atoms in total. The summed E-state index contributed by atoms with van der Waals surface area (Å²) >= 11 is 0. The largest absolute Gasteiger partial charge is 0.353 e. The number of benzene rings is 1. The second-order valence-corrected chi connectivity index (χ2v) is 5.65. The van der Waals surface area contributed by atoms with Gasteiger partial charge in [0, 0.05) is 17.6 Å². The zero-order valence-corrected chi connectivity index (χ0v) is 12.3. The van der Waals surface area contributed by atoms with Gasteiger partial charge in [0.2, 0.25) is 11.8 Å². The zero-order valence-electron chi connectivity index (χ0n) is 12.3. The van der Waals surface area contributed by atoms with Crippen LogP contribution in [0.15, 0.2) is 36.5 Å². The highest BCUT2D eigenvalue weighted by Gasteiger charge is 2.19. The summed E-state index contributed by atoms with van der Waals surface area (Å²) in [6.07, 6.45) is 5.86. The molecule has 114 valence electrons. The summed E-state index contributed by atoms with van der Waals surface area (Å²) in [4.78, 5) is 28.2. The first-order chi connectivity index (χ1) is 10.7. The number of amides is 2. The van der Waals surface area contributed by atoms with Gasteiger partial charge in [-0.1, -0.05) is 31.0 Å². The van der Waals surface area contributed by atoms with Crippen LogP contribution in [0, 0.1) is 0 Å². The van der Waals surface area contributed by atoms with Crippen LogP contribution >= 0.6 is 0 Å². The van der Waals surface area contributed by atoms with E-state index in [9.17, 15) is 9.59 Å². The van der Waals surface area contributed by atoms with E-state index in [1.165, 1.54) is 0 Å². The molecule has 0 atom stereocenters. The Hall–Kier alpha value is -2.43. The predicted molar refractivity (Wildman–Crippen MR) is 85.4 cm³/mol. The van der Waals surface area contributed by atoms with Crippen LogP contribution in [0.3, 0.4) is 0 Å². The highest BCUT2D eigenvalue weighted by molar-refractivity contribution is 6.07. The molecule has 2 aromatic rings. The number of nitrogens with one attached hydrogen (secondary N) is 2. The molecule has 0 radical (unpaired) electrons. The molecule has 0 aliphatic heterocycles. The molecule has 1 aliphatic rings. The molecule has 5 heteroatoms. The van der Waals surface area contributed by atoms with Crippen molar-refractivity contribution in [1.82, 2.24) is 10.3 Å². The molecule has 1 heterocycles. The van der Waals surface area contributed by atoms with Crippen molar-refractivity contribution in [2.24, 2.45) is 0 Å². The van der Waals surface area contributed by atoms with Crippen molar-refractivity contribution >= 4 is 28.4 Å². The van der Waals surface area contributed by atoms with Crippen LogP contribution in [0.5, 0.6) is 0 Å². The van der Waals surface area contributed by atoms with Crippen LogP contribution in [0.25, 0.3) is 10.9 Å². The first-order valence-corrected chi connectivity index (χ1v) is 7.65. The summed E-state index contributed by atoms with van der Waals surface area (Å²) in [7, 11) is 0. The molecular formula is C17H19N3O2. The maximum absolute atomic E-state index is 12.0. The van der Waals surface area contributed by atoms with Crippen molar-refractivity contribution in [1.29, 1.82) is 0 Å². The van der Waals surface area contributed by atoms with E-state index in [0.29, 0.717) is 5.69 Å². The fraction of sp³-hybridized carbons (Fsp3) is 0.353. The molecule has 1 aromatic carbocycles. The Balaban J connectivity index is 1.62. The minimum Gasteiger partial charge on any atom is -0.353 e. The average molecular weight is 297 g/mol. The standard InChI is InChI=1S/C17H19N3O2/c21-15(19-13-7-1-2-8-13)11-16(22)20-14-9-3-5-12-6-4-10-18-17(12)14/h3-6,9-10,13H,1-2,7-8,11H2,(H,19,21)(H,20,22). The van der Waals surface area contributed by atoms with E-state index in [2.05, 4.69) is 15.6 Å². The number of carbonyl (C=O) groups excluding carboxylic acids is 2. The Kier molecular flexibility index (Phi) is 4.32. The second-order valence-electron chi connectivity index (χ2n) is 5.65. The van der Waals surface area contributed by atoms with E-state index in [0.717, 1.165) is 36.6 Å². The van der Waals surface area contributed by atoms with Crippen molar-refractivity contribution < 1.29 is 9.59 Å². The molecule has 2 N–H and O–H groups in total. The number of hydrogen-bond acceptors (Lipinski definition) is 3.